The van der Waals surface area contributed by atoms with Gasteiger partial charge in [0.1, 0.15) is 24.3 Å². The molecule has 0 radical (unpaired) electrons. The van der Waals surface area contributed by atoms with Crippen molar-refractivity contribution in [1.82, 2.24) is 4.58 Å². The van der Waals surface area contributed by atoms with E-state index in [0.29, 0.717) is 39.0 Å². The SMILES string of the molecule is CC1=CC(C)(C)N(C)c2cc3c(cc21)C(c1ccc(C(C)(C)C)cc1C(=O)O)=c1cc2c(cc1O3)=[N+](C)C(C)(C)C=C2CS(=O)(=O)O. The maximum absolute atomic E-state index is 13.0. The molecule has 3 heterocycles. The third-order valence-corrected chi connectivity index (χ3v) is 10.7. The monoisotopic (exact) mass is 655 g/mol. The number of ether oxygens (including phenoxy) is 1. The van der Waals surface area contributed by atoms with E-state index in [4.69, 9.17) is 4.74 Å². The topological polar surface area (TPSA) is 107 Å². The van der Waals surface area contributed by atoms with Crippen molar-refractivity contribution in [2.75, 3.05) is 24.7 Å². The lowest BCUT2D eigenvalue weighted by Gasteiger charge is -2.41. The maximum atomic E-state index is 13.0. The molecule has 2 N–H and O–H groups in total. The van der Waals surface area contributed by atoms with Crippen LogP contribution in [0, 0.1) is 0 Å². The molecular weight excluding hydrogens is 612 g/mol. The van der Waals surface area contributed by atoms with Gasteiger partial charge in [-0.3, -0.25) is 4.55 Å². The van der Waals surface area contributed by atoms with Crippen LogP contribution in [0.5, 0.6) is 11.5 Å². The lowest BCUT2D eigenvalue weighted by Crippen LogP contribution is -2.47. The molecule has 9 heteroatoms. The highest BCUT2D eigenvalue weighted by Crippen LogP contribution is 2.46. The third-order valence-electron chi connectivity index (χ3n) is 10.00. The van der Waals surface area contributed by atoms with Crippen molar-refractivity contribution in [2.45, 2.75) is 71.9 Å². The molecule has 0 spiro atoms. The average molecular weight is 656 g/mol. The van der Waals surface area contributed by atoms with Crippen LogP contribution < -0.4 is 24.8 Å². The number of carboxylic acids is 1. The van der Waals surface area contributed by atoms with Gasteiger partial charge < -0.3 is 14.7 Å². The van der Waals surface area contributed by atoms with Crippen LogP contribution in [0.3, 0.4) is 0 Å². The molecule has 0 aliphatic carbocycles. The first-order chi connectivity index (χ1) is 21.6. The van der Waals surface area contributed by atoms with Crippen molar-refractivity contribution in [3.63, 3.8) is 0 Å². The molecule has 3 aliphatic rings. The Morgan fingerprint density at radius 1 is 0.936 bits per heavy atom. The number of likely N-dealkylation sites (N-methyl/N-ethyl adjacent to an activating group) is 2. The zero-order valence-corrected chi connectivity index (χ0v) is 29.5. The van der Waals surface area contributed by atoms with Gasteiger partial charge in [0.05, 0.1) is 22.7 Å². The first kappa shape index (κ1) is 32.7. The van der Waals surface area contributed by atoms with Crippen molar-refractivity contribution < 1.29 is 27.6 Å². The van der Waals surface area contributed by atoms with E-state index in [-0.39, 0.29) is 16.5 Å². The number of fused-ring (bicyclic) bond motifs is 4. The first-order valence-corrected chi connectivity index (χ1v) is 17.3. The zero-order valence-electron chi connectivity index (χ0n) is 28.7. The van der Waals surface area contributed by atoms with Crippen LogP contribution in [0.25, 0.3) is 16.7 Å². The summed E-state index contributed by atoms with van der Waals surface area (Å²) >= 11 is 0. The summed E-state index contributed by atoms with van der Waals surface area (Å²) in [5, 5.41) is 12.0. The van der Waals surface area contributed by atoms with Crippen molar-refractivity contribution in [2.24, 2.45) is 0 Å². The van der Waals surface area contributed by atoms with Crippen LogP contribution in [-0.2, 0) is 15.5 Å². The minimum atomic E-state index is -4.35. The molecule has 3 aromatic carbocycles. The number of hydrogen-bond donors (Lipinski definition) is 2. The van der Waals surface area contributed by atoms with E-state index in [1.54, 1.807) is 6.07 Å². The van der Waals surface area contributed by atoms with Gasteiger partial charge in [-0.2, -0.15) is 8.42 Å². The lowest BCUT2D eigenvalue weighted by atomic mass is 9.81. The normalized spacial score (nSPS) is 17.9. The summed E-state index contributed by atoms with van der Waals surface area (Å²) in [6, 6.07) is 13.5. The van der Waals surface area contributed by atoms with E-state index in [1.807, 2.05) is 82.6 Å². The predicted molar refractivity (Wildman–Crippen MR) is 188 cm³/mol. The molecule has 0 bridgehead atoms. The molecule has 246 valence electrons. The number of nitrogens with zero attached hydrogens (tertiary/aromatic N) is 2. The summed E-state index contributed by atoms with van der Waals surface area (Å²) in [4.78, 5) is 15.2. The Kier molecular flexibility index (Phi) is 7.24. The molecule has 3 aliphatic heterocycles. The van der Waals surface area contributed by atoms with Crippen molar-refractivity contribution in [1.29, 1.82) is 0 Å². The quantitative estimate of drug-likeness (QED) is 0.210. The van der Waals surface area contributed by atoms with Crippen molar-refractivity contribution in [3.8, 4) is 11.5 Å². The van der Waals surface area contributed by atoms with Crippen LogP contribution in [0.15, 0.2) is 54.6 Å². The fourth-order valence-corrected chi connectivity index (χ4v) is 7.66. The fourth-order valence-electron chi connectivity index (χ4n) is 7.03. The Hall–Kier alpha value is -4.21. The molecule has 8 nitrogen and oxygen atoms in total. The Morgan fingerprint density at radius 2 is 1.62 bits per heavy atom. The number of carboxylic acid groups (broad SMARTS) is 1. The minimum Gasteiger partial charge on any atom is -0.478 e. The predicted octanol–water partition coefficient (Wildman–Crippen LogP) is 5.85. The van der Waals surface area contributed by atoms with Gasteiger partial charge >= 0.3 is 5.97 Å². The molecule has 47 heavy (non-hydrogen) atoms. The molecule has 0 atom stereocenters. The van der Waals surface area contributed by atoms with Gasteiger partial charge in [0.2, 0.25) is 5.36 Å². The van der Waals surface area contributed by atoms with Gasteiger partial charge in [0.25, 0.3) is 10.1 Å². The van der Waals surface area contributed by atoms with Crippen molar-refractivity contribution in [3.05, 3.63) is 98.6 Å². The van der Waals surface area contributed by atoms with Crippen LogP contribution >= 0.6 is 0 Å². The molecule has 0 unspecified atom stereocenters. The van der Waals surface area contributed by atoms with E-state index in [2.05, 4.69) is 44.9 Å². The number of rotatable bonds is 4. The second-order valence-electron chi connectivity index (χ2n) is 15.2. The van der Waals surface area contributed by atoms with Gasteiger partial charge in [-0.25, -0.2) is 9.37 Å². The highest BCUT2D eigenvalue weighted by molar-refractivity contribution is 7.86. The van der Waals surface area contributed by atoms with Gasteiger partial charge in [-0.15, -0.1) is 0 Å². The number of benzene rings is 3. The molecule has 0 fully saturated rings. The number of aromatic carboxylic acids is 1. The smallest absolute Gasteiger partial charge is 0.336 e. The average Bonchev–Trinajstić information content (AvgIpc) is 2.94. The van der Waals surface area contributed by atoms with E-state index in [9.17, 15) is 22.9 Å². The Balaban J connectivity index is 1.78. The molecule has 0 saturated carbocycles. The molecule has 6 rings (SSSR count). The number of hydrogen-bond acceptors (Lipinski definition) is 5. The van der Waals surface area contributed by atoms with E-state index in [0.717, 1.165) is 33.3 Å². The molecule has 0 aromatic heterocycles. The van der Waals surface area contributed by atoms with Crippen LogP contribution in [-0.4, -0.2) is 55.0 Å². The van der Waals surface area contributed by atoms with E-state index < -0.39 is 27.4 Å². The summed E-state index contributed by atoms with van der Waals surface area (Å²) in [5.74, 6) is -0.465. The van der Waals surface area contributed by atoms with Crippen LogP contribution in [0.1, 0.15) is 93.6 Å². The minimum absolute atomic E-state index is 0.166. The summed E-state index contributed by atoms with van der Waals surface area (Å²) in [7, 11) is -0.362. The number of allylic oxidation sites excluding steroid dienone is 1. The van der Waals surface area contributed by atoms with Crippen molar-refractivity contribution >= 4 is 38.5 Å². The number of carbonyl (C=O) groups is 1. The lowest BCUT2D eigenvalue weighted by molar-refractivity contribution is 0.0696. The van der Waals surface area contributed by atoms with Crippen LogP contribution in [0.4, 0.5) is 5.69 Å². The van der Waals surface area contributed by atoms with Gasteiger partial charge in [-0.05, 0) is 72.7 Å². The van der Waals surface area contributed by atoms with Crippen LogP contribution in [0.2, 0.25) is 0 Å². The second kappa shape index (κ2) is 10.4. The highest BCUT2D eigenvalue weighted by Gasteiger charge is 2.36. The molecule has 0 saturated heterocycles. The Bertz CT molecular complexity index is 2220. The Labute approximate surface area is 276 Å². The Morgan fingerprint density at radius 3 is 2.23 bits per heavy atom. The standard InChI is InChI=1S/C38H42N2O6S/c1-21-18-37(5,6)39(9)30-16-32-28(14-25(21)30)34(24-12-11-23(36(2,3)4)13-27(24)35(41)42)29-15-26-22(20-47(43,44)45)19-38(7,8)40(10)31(26)17-33(29)46-32/h11-19H,20H2,1-10H3,(H-,41,42,43,44,45)/p+1. The number of anilines is 1. The summed E-state index contributed by atoms with van der Waals surface area (Å²) in [6.07, 6.45) is 4.08. The highest BCUT2D eigenvalue weighted by atomic mass is 32.2. The summed E-state index contributed by atoms with van der Waals surface area (Å²) < 4.78 is 43.1. The van der Waals surface area contributed by atoms with Gasteiger partial charge in [-0.1, -0.05) is 39.0 Å². The zero-order chi connectivity index (χ0) is 34.6. The fraction of sp³-hybridized carbons (Fsp3) is 0.368. The van der Waals surface area contributed by atoms with E-state index >= 15 is 0 Å². The molecule has 3 aromatic rings. The second-order valence-corrected chi connectivity index (χ2v) is 16.6. The third kappa shape index (κ3) is 5.49. The van der Waals surface area contributed by atoms with Gasteiger partial charge in [0.15, 0.2) is 5.54 Å². The van der Waals surface area contributed by atoms with Gasteiger partial charge in [0, 0.05) is 54.6 Å². The van der Waals surface area contributed by atoms with E-state index in [1.165, 1.54) is 0 Å². The maximum Gasteiger partial charge on any atom is 0.336 e. The molecular formula is C38H43N2O6S+. The summed E-state index contributed by atoms with van der Waals surface area (Å²) in [5.41, 5.74) is 6.19. The first-order valence-electron chi connectivity index (χ1n) is 15.7. The largest absolute Gasteiger partial charge is 0.478 e. The molecule has 0 amide bonds. The summed E-state index contributed by atoms with van der Waals surface area (Å²) in [6.45, 7) is 16.5.